The van der Waals surface area contributed by atoms with E-state index in [0.29, 0.717) is 18.6 Å². The summed E-state index contributed by atoms with van der Waals surface area (Å²) in [7, 11) is 0. The van der Waals surface area contributed by atoms with Gasteiger partial charge >= 0.3 is 5.97 Å². The summed E-state index contributed by atoms with van der Waals surface area (Å²) in [6, 6.07) is 16.1. The number of carbonyl (C=O) groups is 3. The molecular formula is C21H24N2O5. The van der Waals surface area contributed by atoms with Crippen LogP contribution in [0.1, 0.15) is 35.7 Å². The Morgan fingerprint density at radius 2 is 1.75 bits per heavy atom. The molecule has 0 aliphatic heterocycles. The van der Waals surface area contributed by atoms with E-state index in [0.717, 1.165) is 11.3 Å². The van der Waals surface area contributed by atoms with Crippen molar-refractivity contribution < 1.29 is 23.9 Å². The number of nitrogens with one attached hydrogen (secondary N) is 2. The van der Waals surface area contributed by atoms with Crippen LogP contribution in [0, 0.1) is 6.92 Å². The van der Waals surface area contributed by atoms with Gasteiger partial charge in [0.2, 0.25) is 0 Å². The van der Waals surface area contributed by atoms with Gasteiger partial charge in [-0.15, -0.1) is 0 Å². The molecule has 2 aromatic rings. The fourth-order valence-corrected chi connectivity index (χ4v) is 2.30. The van der Waals surface area contributed by atoms with Crippen molar-refractivity contribution in [3.63, 3.8) is 0 Å². The van der Waals surface area contributed by atoms with E-state index in [1.54, 1.807) is 30.3 Å². The fraction of sp³-hybridized carbons (Fsp3) is 0.286. The highest BCUT2D eigenvalue weighted by molar-refractivity contribution is 5.95. The normalized spacial score (nSPS) is 11.2. The Morgan fingerprint density at radius 3 is 2.46 bits per heavy atom. The lowest BCUT2D eigenvalue weighted by atomic mass is 10.2. The summed E-state index contributed by atoms with van der Waals surface area (Å²) >= 11 is 0. The summed E-state index contributed by atoms with van der Waals surface area (Å²) in [6.45, 7) is 3.77. The first kappa shape index (κ1) is 21.0. The molecule has 0 unspecified atom stereocenters. The summed E-state index contributed by atoms with van der Waals surface area (Å²) in [5, 5.41) is 0. The van der Waals surface area contributed by atoms with Crippen LogP contribution < -0.4 is 15.6 Å². The fourth-order valence-electron chi connectivity index (χ4n) is 2.30. The van der Waals surface area contributed by atoms with Crippen LogP contribution in [-0.2, 0) is 14.3 Å². The van der Waals surface area contributed by atoms with Crippen molar-refractivity contribution in [1.29, 1.82) is 0 Å². The number of esters is 1. The average molecular weight is 384 g/mol. The predicted octanol–water partition coefficient (Wildman–Crippen LogP) is 2.55. The van der Waals surface area contributed by atoms with Gasteiger partial charge in [0.05, 0.1) is 6.61 Å². The van der Waals surface area contributed by atoms with Crippen molar-refractivity contribution in [1.82, 2.24) is 10.9 Å². The van der Waals surface area contributed by atoms with E-state index in [4.69, 9.17) is 9.47 Å². The number of ether oxygens (including phenoxy) is 2. The Bertz CT molecular complexity index is 807. The predicted molar refractivity (Wildman–Crippen MR) is 104 cm³/mol. The molecule has 0 aromatic heterocycles. The van der Waals surface area contributed by atoms with Crippen LogP contribution in [0.3, 0.4) is 0 Å². The molecule has 0 spiro atoms. The van der Waals surface area contributed by atoms with Gasteiger partial charge in [0.15, 0.2) is 6.10 Å². The maximum atomic E-state index is 11.9. The van der Waals surface area contributed by atoms with Crippen LogP contribution in [0.15, 0.2) is 54.6 Å². The third-order valence-electron chi connectivity index (χ3n) is 3.80. The number of hydrazine groups is 1. The molecule has 0 aliphatic rings. The van der Waals surface area contributed by atoms with Gasteiger partial charge in [-0.2, -0.15) is 0 Å². The van der Waals surface area contributed by atoms with E-state index in [9.17, 15) is 14.4 Å². The number of aryl methyl sites for hydroxylation is 1. The molecule has 2 rings (SSSR count). The van der Waals surface area contributed by atoms with Crippen LogP contribution in [0.25, 0.3) is 0 Å². The van der Waals surface area contributed by atoms with Gasteiger partial charge in [-0.3, -0.25) is 25.2 Å². The molecule has 28 heavy (non-hydrogen) atoms. The van der Waals surface area contributed by atoms with E-state index < -0.39 is 23.9 Å². The van der Waals surface area contributed by atoms with Gasteiger partial charge < -0.3 is 9.47 Å². The van der Waals surface area contributed by atoms with Crippen LogP contribution in [0.4, 0.5) is 0 Å². The smallest absolute Gasteiger partial charge is 0.306 e. The number of hydrogen-bond donors (Lipinski definition) is 2. The highest BCUT2D eigenvalue weighted by Crippen LogP contribution is 2.12. The van der Waals surface area contributed by atoms with Crippen molar-refractivity contribution >= 4 is 17.8 Å². The Labute approximate surface area is 164 Å². The molecule has 0 heterocycles. The first-order chi connectivity index (χ1) is 13.5. The van der Waals surface area contributed by atoms with Crippen molar-refractivity contribution in [2.24, 2.45) is 0 Å². The van der Waals surface area contributed by atoms with Crippen LogP contribution in [0.2, 0.25) is 0 Å². The first-order valence-electron chi connectivity index (χ1n) is 9.00. The van der Waals surface area contributed by atoms with Gasteiger partial charge in [0.1, 0.15) is 5.75 Å². The molecule has 2 amide bonds. The number of carbonyl (C=O) groups excluding carboxylic acids is 3. The van der Waals surface area contributed by atoms with E-state index in [1.807, 2.05) is 31.2 Å². The maximum absolute atomic E-state index is 11.9. The van der Waals surface area contributed by atoms with E-state index >= 15 is 0 Å². The number of hydrogen-bond acceptors (Lipinski definition) is 5. The second-order valence-corrected chi connectivity index (χ2v) is 6.21. The first-order valence-corrected chi connectivity index (χ1v) is 9.00. The molecule has 0 saturated carbocycles. The van der Waals surface area contributed by atoms with Crippen LogP contribution in [-0.4, -0.2) is 30.5 Å². The van der Waals surface area contributed by atoms with E-state index in [1.165, 1.54) is 6.92 Å². The molecule has 0 aliphatic carbocycles. The zero-order valence-corrected chi connectivity index (χ0v) is 15.9. The Hall–Kier alpha value is -3.35. The number of amides is 2. The number of rotatable bonds is 8. The van der Waals surface area contributed by atoms with Crippen molar-refractivity contribution in [3.05, 3.63) is 65.7 Å². The minimum atomic E-state index is -1.03. The second-order valence-electron chi connectivity index (χ2n) is 6.21. The second kappa shape index (κ2) is 10.7. The Morgan fingerprint density at radius 1 is 1.00 bits per heavy atom. The zero-order chi connectivity index (χ0) is 20.4. The van der Waals surface area contributed by atoms with E-state index in [2.05, 4.69) is 10.9 Å². The maximum Gasteiger partial charge on any atom is 0.306 e. The molecule has 0 fully saturated rings. The lowest BCUT2D eigenvalue weighted by molar-refractivity contribution is -0.155. The monoisotopic (exact) mass is 384 g/mol. The van der Waals surface area contributed by atoms with Gasteiger partial charge in [-0.25, -0.2) is 0 Å². The highest BCUT2D eigenvalue weighted by Gasteiger charge is 2.18. The SMILES string of the molecule is Cc1cccc(OCCCC(=O)O[C@H](C)C(=O)NNC(=O)c2ccccc2)c1. The van der Waals surface area contributed by atoms with Gasteiger partial charge in [-0.05, 0) is 50.1 Å². The summed E-state index contributed by atoms with van der Waals surface area (Å²) in [4.78, 5) is 35.6. The van der Waals surface area contributed by atoms with Gasteiger partial charge in [0.25, 0.3) is 11.8 Å². The minimum Gasteiger partial charge on any atom is -0.494 e. The summed E-state index contributed by atoms with van der Waals surface area (Å²) in [6.07, 6.45) is -0.438. The highest BCUT2D eigenvalue weighted by atomic mass is 16.5. The zero-order valence-electron chi connectivity index (χ0n) is 15.9. The Balaban J connectivity index is 1.64. The average Bonchev–Trinajstić information content (AvgIpc) is 2.69. The lowest BCUT2D eigenvalue weighted by Crippen LogP contribution is -2.46. The van der Waals surface area contributed by atoms with Crippen molar-refractivity contribution in [2.75, 3.05) is 6.61 Å². The molecule has 7 heteroatoms. The van der Waals surface area contributed by atoms with Crippen LogP contribution >= 0.6 is 0 Å². The molecule has 2 N–H and O–H groups in total. The largest absolute Gasteiger partial charge is 0.494 e. The lowest BCUT2D eigenvalue weighted by Gasteiger charge is -2.14. The van der Waals surface area contributed by atoms with E-state index in [-0.39, 0.29) is 6.42 Å². The molecule has 2 aromatic carbocycles. The molecular weight excluding hydrogens is 360 g/mol. The van der Waals surface area contributed by atoms with Crippen molar-refractivity contribution in [3.8, 4) is 5.75 Å². The third kappa shape index (κ3) is 7.11. The summed E-state index contributed by atoms with van der Waals surface area (Å²) in [5.74, 6) is -0.838. The Kier molecular flexibility index (Phi) is 8.02. The minimum absolute atomic E-state index is 0.125. The molecule has 7 nitrogen and oxygen atoms in total. The van der Waals surface area contributed by atoms with Gasteiger partial charge in [-0.1, -0.05) is 30.3 Å². The van der Waals surface area contributed by atoms with Crippen molar-refractivity contribution in [2.45, 2.75) is 32.8 Å². The number of benzene rings is 2. The third-order valence-corrected chi connectivity index (χ3v) is 3.80. The van der Waals surface area contributed by atoms with Gasteiger partial charge in [0, 0.05) is 12.0 Å². The molecule has 0 bridgehead atoms. The molecule has 0 saturated heterocycles. The van der Waals surface area contributed by atoms with Crippen LogP contribution in [0.5, 0.6) is 5.75 Å². The molecule has 0 radical (unpaired) electrons. The standard InChI is InChI=1S/C21H24N2O5/c1-15-8-6-11-18(14-15)27-13-7-12-19(24)28-16(2)20(25)22-23-21(26)17-9-4-3-5-10-17/h3-6,8-11,14,16H,7,12-13H2,1-2H3,(H,22,25)(H,23,26)/t16-/m1/s1. The molecule has 148 valence electrons. The topological polar surface area (TPSA) is 93.7 Å². The quantitative estimate of drug-likeness (QED) is 0.414. The molecule has 1 atom stereocenters. The summed E-state index contributed by atoms with van der Waals surface area (Å²) in [5.41, 5.74) is 6.02. The summed E-state index contributed by atoms with van der Waals surface area (Å²) < 4.78 is 10.6.